The van der Waals surface area contributed by atoms with Crippen molar-refractivity contribution >= 4 is 16.9 Å². The molecule has 0 saturated heterocycles. The van der Waals surface area contributed by atoms with Gasteiger partial charge in [-0.25, -0.2) is 15.0 Å². The van der Waals surface area contributed by atoms with E-state index in [1.165, 1.54) is 22.5 Å². The molecule has 3 aromatic rings. The molecule has 0 unspecified atom stereocenters. The summed E-state index contributed by atoms with van der Waals surface area (Å²) in [7, 11) is 4.50. The zero-order chi connectivity index (χ0) is 18.3. The van der Waals surface area contributed by atoms with Crippen LogP contribution in [0.2, 0.25) is 0 Å². The summed E-state index contributed by atoms with van der Waals surface area (Å²) in [6.07, 6.45) is 1.49. The van der Waals surface area contributed by atoms with Crippen molar-refractivity contribution in [2.45, 2.75) is 0 Å². The number of nitrogens with zero attached hydrogens (tertiary/aromatic N) is 3. The third-order valence-corrected chi connectivity index (χ3v) is 4.03. The van der Waals surface area contributed by atoms with E-state index >= 15 is 0 Å². The molecule has 0 saturated carbocycles. The molecule has 2 heterocycles. The second-order valence-corrected chi connectivity index (χ2v) is 5.52. The van der Waals surface area contributed by atoms with Crippen molar-refractivity contribution in [3.63, 3.8) is 0 Å². The van der Waals surface area contributed by atoms with E-state index < -0.39 is 17.3 Å². The van der Waals surface area contributed by atoms with Crippen LogP contribution >= 0.6 is 0 Å². The van der Waals surface area contributed by atoms with Gasteiger partial charge in [-0.2, -0.15) is 0 Å². The van der Waals surface area contributed by atoms with Crippen molar-refractivity contribution in [3.8, 4) is 17.0 Å². The normalized spacial score (nSPS) is 10.8. The molecule has 0 aliphatic heterocycles. The first kappa shape index (κ1) is 16.4. The van der Waals surface area contributed by atoms with Crippen molar-refractivity contribution in [3.05, 3.63) is 51.3 Å². The molecule has 0 atom stereocenters. The van der Waals surface area contributed by atoms with Crippen molar-refractivity contribution in [2.24, 2.45) is 19.8 Å². The average molecular weight is 343 g/mol. The van der Waals surface area contributed by atoms with Crippen LogP contribution in [0.4, 0.5) is 4.79 Å². The third kappa shape index (κ3) is 2.55. The van der Waals surface area contributed by atoms with Crippen LogP contribution in [0.3, 0.4) is 0 Å². The monoisotopic (exact) mass is 343 g/mol. The summed E-state index contributed by atoms with van der Waals surface area (Å²) in [6.45, 7) is 0. The Labute approximate surface area is 141 Å². The van der Waals surface area contributed by atoms with E-state index in [1.807, 2.05) is 0 Å². The lowest BCUT2D eigenvalue weighted by Crippen LogP contribution is -2.36. The van der Waals surface area contributed by atoms with Gasteiger partial charge >= 0.3 is 11.7 Å². The molecule has 130 valence electrons. The number of fused-ring (bicyclic) bond motifs is 1. The summed E-state index contributed by atoms with van der Waals surface area (Å²) in [5.74, 6) is 0.648. The van der Waals surface area contributed by atoms with E-state index in [2.05, 4.69) is 5.43 Å². The number of nitrogens with one attached hydrogen (secondary N) is 1. The Hall–Kier alpha value is -3.49. The highest BCUT2D eigenvalue weighted by Gasteiger charge is 2.20. The fourth-order valence-corrected chi connectivity index (χ4v) is 2.78. The molecule has 2 amide bonds. The molecule has 9 heteroatoms. The largest absolute Gasteiger partial charge is 0.497 e. The number of benzene rings is 1. The van der Waals surface area contributed by atoms with E-state index in [-0.39, 0.29) is 0 Å². The lowest BCUT2D eigenvalue weighted by atomic mass is 10.1. The molecule has 0 bridgehead atoms. The summed E-state index contributed by atoms with van der Waals surface area (Å²) in [5.41, 5.74) is 8.21. The highest BCUT2D eigenvalue weighted by atomic mass is 16.5. The summed E-state index contributed by atoms with van der Waals surface area (Å²) in [6, 6.07) is 6.16. The smallest absolute Gasteiger partial charge is 0.331 e. The SMILES string of the molecule is COc1ccc(-c2c3c(=O)n(C)c(=O)n(C)c3cn2NC(N)=O)cc1. The van der Waals surface area contributed by atoms with Crippen LogP contribution in [0, 0.1) is 0 Å². The van der Waals surface area contributed by atoms with E-state index in [9.17, 15) is 14.4 Å². The Morgan fingerprint density at radius 3 is 2.32 bits per heavy atom. The molecule has 3 N–H and O–H groups in total. The number of carbonyl (C=O) groups excluding carboxylic acids is 1. The number of carbonyl (C=O) groups is 1. The molecule has 1 aromatic carbocycles. The van der Waals surface area contributed by atoms with Crippen LogP contribution in [0.15, 0.2) is 40.1 Å². The van der Waals surface area contributed by atoms with Crippen molar-refractivity contribution in [1.29, 1.82) is 0 Å². The Balaban J connectivity index is 2.43. The predicted octanol–water partition coefficient (Wildman–Crippen LogP) is 0.336. The first-order valence-electron chi connectivity index (χ1n) is 7.37. The van der Waals surface area contributed by atoms with Gasteiger partial charge in [0.25, 0.3) is 5.56 Å². The second-order valence-electron chi connectivity index (χ2n) is 5.52. The van der Waals surface area contributed by atoms with Crippen LogP contribution in [0.5, 0.6) is 5.75 Å². The topological polar surface area (TPSA) is 113 Å². The zero-order valence-corrected chi connectivity index (χ0v) is 13.9. The number of methoxy groups -OCH3 is 1. The highest BCUT2D eigenvalue weighted by molar-refractivity contribution is 5.95. The van der Waals surface area contributed by atoms with Crippen molar-refractivity contribution in [2.75, 3.05) is 12.5 Å². The molecular formula is C16H17N5O4. The molecule has 0 radical (unpaired) electrons. The van der Waals surface area contributed by atoms with Gasteiger partial charge in [0, 0.05) is 19.7 Å². The summed E-state index contributed by atoms with van der Waals surface area (Å²) < 4.78 is 8.84. The molecule has 0 spiro atoms. The lowest BCUT2D eigenvalue weighted by molar-refractivity contribution is 0.257. The van der Waals surface area contributed by atoms with Gasteiger partial charge in [0.1, 0.15) is 5.75 Å². The Kier molecular flexibility index (Phi) is 3.84. The summed E-state index contributed by atoms with van der Waals surface area (Å²) in [4.78, 5) is 36.2. The van der Waals surface area contributed by atoms with Gasteiger partial charge in [0.05, 0.1) is 29.9 Å². The first-order valence-corrected chi connectivity index (χ1v) is 7.37. The number of rotatable bonds is 3. The number of aromatic nitrogens is 3. The minimum atomic E-state index is -0.795. The Morgan fingerprint density at radius 2 is 1.76 bits per heavy atom. The Bertz CT molecular complexity index is 1090. The maximum atomic E-state index is 12.7. The van der Waals surface area contributed by atoms with E-state index in [0.717, 1.165) is 4.57 Å². The molecule has 0 aliphatic carbocycles. The van der Waals surface area contributed by atoms with Crippen LogP contribution in [0.25, 0.3) is 22.2 Å². The summed E-state index contributed by atoms with van der Waals surface area (Å²) >= 11 is 0. The molecular weight excluding hydrogens is 326 g/mol. The van der Waals surface area contributed by atoms with E-state index in [1.54, 1.807) is 38.4 Å². The molecule has 25 heavy (non-hydrogen) atoms. The number of primary amides is 1. The van der Waals surface area contributed by atoms with Crippen LogP contribution in [-0.2, 0) is 14.1 Å². The minimum absolute atomic E-state index is 0.295. The quantitative estimate of drug-likeness (QED) is 0.713. The number of nitrogens with two attached hydrogens (primary N) is 1. The fourth-order valence-electron chi connectivity index (χ4n) is 2.78. The number of urea groups is 1. The number of aryl methyl sites for hydroxylation is 1. The number of hydrogen-bond acceptors (Lipinski definition) is 4. The molecule has 0 fully saturated rings. The van der Waals surface area contributed by atoms with Crippen LogP contribution in [0.1, 0.15) is 0 Å². The van der Waals surface area contributed by atoms with E-state index in [4.69, 9.17) is 10.5 Å². The maximum Gasteiger partial charge on any atom is 0.331 e. The number of ether oxygens (including phenoxy) is 1. The Morgan fingerprint density at radius 1 is 1.12 bits per heavy atom. The highest BCUT2D eigenvalue weighted by Crippen LogP contribution is 2.28. The van der Waals surface area contributed by atoms with Gasteiger partial charge in [-0.15, -0.1) is 0 Å². The number of amides is 2. The van der Waals surface area contributed by atoms with Crippen molar-refractivity contribution < 1.29 is 9.53 Å². The lowest BCUT2D eigenvalue weighted by Gasteiger charge is -2.10. The summed E-state index contributed by atoms with van der Waals surface area (Å²) in [5, 5.41) is 0.295. The molecule has 9 nitrogen and oxygen atoms in total. The third-order valence-electron chi connectivity index (χ3n) is 4.03. The molecule has 2 aromatic heterocycles. The van der Waals surface area contributed by atoms with Crippen LogP contribution in [-0.4, -0.2) is 27.0 Å². The number of hydrogen-bond donors (Lipinski definition) is 2. The minimum Gasteiger partial charge on any atom is -0.497 e. The standard InChI is InChI=1S/C16H17N5O4/c1-19-11-8-21(18-15(17)23)13(9-4-6-10(25-3)7-5-9)12(11)14(22)20(2)16(19)24/h4-8H,1-3H3,(H3,17,18,23). The molecule has 0 aliphatic rings. The van der Waals surface area contributed by atoms with Gasteiger partial charge in [0.2, 0.25) is 0 Å². The first-order chi connectivity index (χ1) is 11.8. The van der Waals surface area contributed by atoms with Gasteiger partial charge in [-0.05, 0) is 24.3 Å². The van der Waals surface area contributed by atoms with Gasteiger partial charge in [-0.3, -0.25) is 18.6 Å². The van der Waals surface area contributed by atoms with Crippen molar-refractivity contribution in [1.82, 2.24) is 13.8 Å². The zero-order valence-electron chi connectivity index (χ0n) is 13.9. The van der Waals surface area contributed by atoms with Gasteiger partial charge in [-0.1, -0.05) is 0 Å². The predicted molar refractivity (Wildman–Crippen MR) is 93.4 cm³/mol. The van der Waals surface area contributed by atoms with Gasteiger partial charge in [0.15, 0.2) is 0 Å². The fraction of sp³-hybridized carbons (Fsp3) is 0.188. The van der Waals surface area contributed by atoms with E-state index in [0.29, 0.717) is 27.9 Å². The second kappa shape index (κ2) is 5.86. The maximum absolute atomic E-state index is 12.7. The van der Waals surface area contributed by atoms with Crippen LogP contribution < -0.4 is 27.1 Å². The average Bonchev–Trinajstić information content (AvgIpc) is 2.96. The van der Waals surface area contributed by atoms with Gasteiger partial charge < -0.3 is 10.5 Å². The molecule has 3 rings (SSSR count).